The molecule has 0 saturated carbocycles. The smallest absolute Gasteiger partial charge is 0.228 e. The summed E-state index contributed by atoms with van der Waals surface area (Å²) in [5.41, 5.74) is 1.84. The molecule has 7 heteroatoms. The molecule has 4 heterocycles. The van der Waals surface area contributed by atoms with Crippen LogP contribution in [0.15, 0.2) is 36.8 Å². The maximum Gasteiger partial charge on any atom is 0.228 e. The summed E-state index contributed by atoms with van der Waals surface area (Å²) in [4.78, 5) is 15.9. The van der Waals surface area contributed by atoms with Crippen molar-refractivity contribution in [2.75, 3.05) is 32.1 Å². The van der Waals surface area contributed by atoms with E-state index in [1.807, 2.05) is 28.8 Å². The number of nitrogens with one attached hydrogen (secondary N) is 1. The Balaban J connectivity index is 1.49. The second-order valence-corrected chi connectivity index (χ2v) is 6.66. The first-order valence-electron chi connectivity index (χ1n) is 9.08. The molecule has 4 rings (SSSR count). The van der Waals surface area contributed by atoms with E-state index in [1.54, 1.807) is 19.5 Å². The fraction of sp³-hybridized carbons (Fsp3) is 0.421. The number of fused-ring (bicyclic) bond motifs is 1. The largest absolute Gasteiger partial charge is 0.493 e. The second-order valence-electron chi connectivity index (χ2n) is 6.66. The predicted molar refractivity (Wildman–Crippen MR) is 101 cm³/mol. The molecule has 1 N–H and O–H groups in total. The molecule has 1 aliphatic heterocycles. The summed E-state index contributed by atoms with van der Waals surface area (Å²) >= 11 is 0. The molecule has 0 aliphatic carbocycles. The third kappa shape index (κ3) is 3.35. The Morgan fingerprint density at radius 1 is 1.27 bits per heavy atom. The number of rotatable bonds is 7. The number of imidazole rings is 1. The van der Waals surface area contributed by atoms with Gasteiger partial charge in [0.2, 0.25) is 5.95 Å². The second kappa shape index (κ2) is 7.29. The van der Waals surface area contributed by atoms with Crippen LogP contribution in [0.2, 0.25) is 0 Å². The van der Waals surface area contributed by atoms with Crippen molar-refractivity contribution < 1.29 is 4.74 Å². The zero-order chi connectivity index (χ0) is 17.9. The molecule has 7 nitrogen and oxygen atoms in total. The molecule has 1 saturated heterocycles. The molecule has 3 aromatic heterocycles. The van der Waals surface area contributed by atoms with E-state index >= 15 is 0 Å². The number of hydrogen-bond donors (Lipinski definition) is 1. The monoisotopic (exact) mass is 352 g/mol. The minimum Gasteiger partial charge on any atom is -0.493 e. The van der Waals surface area contributed by atoms with Crippen LogP contribution in [-0.2, 0) is 6.42 Å². The van der Waals surface area contributed by atoms with Crippen LogP contribution in [0.4, 0.5) is 11.8 Å². The molecular weight excluding hydrogens is 328 g/mol. The lowest BCUT2D eigenvalue weighted by atomic mass is 9.94. The third-order valence-corrected chi connectivity index (χ3v) is 4.99. The van der Waals surface area contributed by atoms with Crippen LogP contribution < -0.4 is 10.1 Å². The molecule has 1 aliphatic rings. The lowest BCUT2D eigenvalue weighted by Crippen LogP contribution is -2.46. The van der Waals surface area contributed by atoms with Gasteiger partial charge in [-0.05, 0) is 37.4 Å². The minimum atomic E-state index is 0.575. The van der Waals surface area contributed by atoms with Gasteiger partial charge in [-0.2, -0.15) is 0 Å². The first kappa shape index (κ1) is 16.8. The van der Waals surface area contributed by atoms with Crippen molar-refractivity contribution >= 4 is 17.4 Å². The average Bonchev–Trinajstić information content (AvgIpc) is 3.11. The van der Waals surface area contributed by atoms with E-state index in [0.29, 0.717) is 5.95 Å². The highest BCUT2D eigenvalue weighted by Crippen LogP contribution is 2.25. The van der Waals surface area contributed by atoms with Crippen LogP contribution in [0.25, 0.3) is 5.65 Å². The molecule has 0 unspecified atom stereocenters. The summed E-state index contributed by atoms with van der Waals surface area (Å²) in [5.74, 6) is 2.97. The van der Waals surface area contributed by atoms with Gasteiger partial charge in [0.25, 0.3) is 0 Å². The van der Waals surface area contributed by atoms with Gasteiger partial charge in [0, 0.05) is 25.5 Å². The number of ether oxygens (including phenoxy) is 1. The number of hydrogen-bond acceptors (Lipinski definition) is 6. The summed E-state index contributed by atoms with van der Waals surface area (Å²) in [7, 11) is 1.67. The molecule has 0 aromatic carbocycles. The van der Waals surface area contributed by atoms with E-state index in [4.69, 9.17) is 9.72 Å². The van der Waals surface area contributed by atoms with Crippen molar-refractivity contribution in [3.05, 3.63) is 42.5 Å². The fourth-order valence-corrected chi connectivity index (χ4v) is 3.44. The Bertz CT molecular complexity index is 887. The molecule has 3 aromatic rings. The van der Waals surface area contributed by atoms with Gasteiger partial charge in [-0.15, -0.1) is 0 Å². The molecule has 0 spiro atoms. The van der Waals surface area contributed by atoms with Crippen molar-refractivity contribution in [3.63, 3.8) is 0 Å². The summed E-state index contributed by atoms with van der Waals surface area (Å²) in [6, 6.07) is 5.91. The number of aromatic nitrogens is 4. The first-order chi connectivity index (χ1) is 12.8. The number of likely N-dealkylation sites (tertiary alicyclic amines) is 1. The van der Waals surface area contributed by atoms with Crippen LogP contribution in [0.3, 0.4) is 0 Å². The molecular formula is C19H24N6O. The van der Waals surface area contributed by atoms with Crippen LogP contribution in [-0.4, -0.2) is 51.0 Å². The molecule has 0 bridgehead atoms. The molecule has 0 atom stereocenters. The van der Waals surface area contributed by atoms with Gasteiger partial charge in [-0.3, -0.25) is 4.40 Å². The molecule has 0 amide bonds. The van der Waals surface area contributed by atoms with Crippen molar-refractivity contribution in [1.82, 2.24) is 24.3 Å². The zero-order valence-electron chi connectivity index (χ0n) is 15.2. The van der Waals surface area contributed by atoms with E-state index in [2.05, 4.69) is 27.1 Å². The maximum absolute atomic E-state index is 5.46. The maximum atomic E-state index is 5.46. The number of nitrogens with zero attached hydrogens (tertiary/aromatic N) is 5. The summed E-state index contributed by atoms with van der Waals surface area (Å²) in [6.07, 6.45) is 7.47. The highest BCUT2D eigenvalue weighted by atomic mass is 16.5. The predicted octanol–water partition coefficient (Wildman–Crippen LogP) is 2.76. The van der Waals surface area contributed by atoms with E-state index in [1.165, 1.54) is 13.1 Å². The quantitative estimate of drug-likeness (QED) is 0.705. The Morgan fingerprint density at radius 2 is 2.15 bits per heavy atom. The number of pyridine rings is 1. The van der Waals surface area contributed by atoms with Crippen LogP contribution >= 0.6 is 0 Å². The van der Waals surface area contributed by atoms with Gasteiger partial charge >= 0.3 is 0 Å². The van der Waals surface area contributed by atoms with Gasteiger partial charge in [0.15, 0.2) is 5.75 Å². The van der Waals surface area contributed by atoms with Gasteiger partial charge < -0.3 is 15.0 Å². The van der Waals surface area contributed by atoms with Crippen LogP contribution in [0.1, 0.15) is 19.0 Å². The van der Waals surface area contributed by atoms with Gasteiger partial charge in [0.1, 0.15) is 11.5 Å². The standard InChI is InChI=1S/C19H24N6O/c1-3-24-12-14(13-24)7-8-15-16(26-2)11-21-19(22-15)23-18-6-4-5-17-20-9-10-25(17)18/h4-6,9-11,14H,3,7-8,12-13H2,1-2H3,(H,21,22,23). The van der Waals surface area contributed by atoms with Crippen molar-refractivity contribution in [2.45, 2.75) is 19.8 Å². The highest BCUT2D eigenvalue weighted by Gasteiger charge is 2.25. The van der Waals surface area contributed by atoms with E-state index in [9.17, 15) is 0 Å². The molecule has 0 radical (unpaired) electrons. The van der Waals surface area contributed by atoms with Crippen LogP contribution in [0, 0.1) is 5.92 Å². The molecule has 136 valence electrons. The Kier molecular flexibility index (Phi) is 4.71. The first-order valence-corrected chi connectivity index (χ1v) is 9.08. The van der Waals surface area contributed by atoms with Crippen molar-refractivity contribution in [2.24, 2.45) is 5.92 Å². The molecule has 26 heavy (non-hydrogen) atoms. The normalized spacial score (nSPS) is 15.2. The Morgan fingerprint density at radius 3 is 2.96 bits per heavy atom. The topological polar surface area (TPSA) is 67.6 Å². The lowest BCUT2D eigenvalue weighted by Gasteiger charge is -2.38. The van der Waals surface area contributed by atoms with E-state index < -0.39 is 0 Å². The average molecular weight is 352 g/mol. The SMILES string of the molecule is CCN1CC(CCc2nc(Nc3cccc4nccn34)ncc2OC)C1. The zero-order valence-corrected chi connectivity index (χ0v) is 15.2. The third-order valence-electron chi connectivity index (χ3n) is 4.99. The van der Waals surface area contributed by atoms with E-state index in [-0.39, 0.29) is 0 Å². The lowest BCUT2D eigenvalue weighted by molar-refractivity contribution is 0.101. The van der Waals surface area contributed by atoms with Crippen molar-refractivity contribution in [3.8, 4) is 5.75 Å². The number of methoxy groups -OCH3 is 1. The Hall–Kier alpha value is -2.67. The Labute approximate surface area is 153 Å². The fourth-order valence-electron chi connectivity index (χ4n) is 3.44. The van der Waals surface area contributed by atoms with Gasteiger partial charge in [-0.1, -0.05) is 13.0 Å². The highest BCUT2D eigenvalue weighted by molar-refractivity contribution is 5.55. The van der Waals surface area contributed by atoms with Crippen LogP contribution in [0.5, 0.6) is 5.75 Å². The summed E-state index contributed by atoms with van der Waals surface area (Å²) < 4.78 is 7.43. The molecule has 1 fully saturated rings. The van der Waals surface area contributed by atoms with Gasteiger partial charge in [0.05, 0.1) is 19.0 Å². The minimum absolute atomic E-state index is 0.575. The van der Waals surface area contributed by atoms with Crippen molar-refractivity contribution in [1.29, 1.82) is 0 Å². The number of anilines is 2. The summed E-state index contributed by atoms with van der Waals surface area (Å²) in [5, 5.41) is 3.29. The van der Waals surface area contributed by atoms with E-state index in [0.717, 1.165) is 48.2 Å². The van der Waals surface area contributed by atoms with Gasteiger partial charge in [-0.25, -0.2) is 15.0 Å². The number of aryl methyl sites for hydroxylation is 1. The summed E-state index contributed by atoms with van der Waals surface area (Å²) in [6.45, 7) is 5.74.